The van der Waals surface area contributed by atoms with Crippen LogP contribution in [-0.4, -0.2) is 35.1 Å². The van der Waals surface area contributed by atoms with Crippen molar-refractivity contribution in [2.24, 2.45) is 4.99 Å². The molecule has 0 saturated carbocycles. The topological polar surface area (TPSA) is 54.2 Å². The molecule has 2 N–H and O–H groups in total. The number of hydrogen-bond donors (Lipinski definition) is 2. The molecule has 2 heterocycles. The molecule has 0 amide bonds. The van der Waals surface area contributed by atoms with Gasteiger partial charge in [0, 0.05) is 49.6 Å². The Hall–Kier alpha value is -1.82. The third-order valence-electron chi connectivity index (χ3n) is 3.41. The van der Waals surface area contributed by atoms with Gasteiger partial charge in [-0.2, -0.15) is 0 Å². The van der Waals surface area contributed by atoms with E-state index in [1.54, 1.807) is 11.3 Å². The zero-order chi connectivity index (χ0) is 16.3. The normalized spacial score (nSPS) is 11.7. The van der Waals surface area contributed by atoms with Crippen molar-refractivity contribution in [3.8, 4) is 0 Å². The summed E-state index contributed by atoms with van der Waals surface area (Å²) in [5.41, 5.74) is 1.13. The molecule has 2 aromatic heterocycles. The lowest BCUT2D eigenvalue weighted by Gasteiger charge is -2.11. The second-order valence-electron chi connectivity index (χ2n) is 5.45. The molecule has 5 nitrogen and oxygen atoms in total. The molecule has 0 aliphatic rings. The Morgan fingerprint density at radius 1 is 1.26 bits per heavy atom. The second kappa shape index (κ2) is 10.0. The van der Waals surface area contributed by atoms with Crippen molar-refractivity contribution in [2.45, 2.75) is 39.7 Å². The molecule has 2 aromatic rings. The van der Waals surface area contributed by atoms with Gasteiger partial charge in [-0.1, -0.05) is 0 Å². The van der Waals surface area contributed by atoms with Crippen molar-refractivity contribution in [1.82, 2.24) is 20.2 Å². The van der Waals surface area contributed by atoms with Crippen molar-refractivity contribution in [2.75, 3.05) is 19.6 Å². The van der Waals surface area contributed by atoms with Crippen LogP contribution in [0.15, 0.2) is 34.9 Å². The number of rotatable bonds is 9. The summed E-state index contributed by atoms with van der Waals surface area (Å²) in [4.78, 5) is 9.13. The van der Waals surface area contributed by atoms with Crippen LogP contribution >= 0.6 is 11.3 Å². The van der Waals surface area contributed by atoms with Crippen LogP contribution < -0.4 is 10.6 Å². The first kappa shape index (κ1) is 17.5. The van der Waals surface area contributed by atoms with Crippen LogP contribution in [0.5, 0.6) is 0 Å². The number of guanidine groups is 1. The fourth-order valence-electron chi connectivity index (χ4n) is 2.26. The number of nitrogens with zero attached hydrogens (tertiary/aromatic N) is 3. The zero-order valence-corrected chi connectivity index (χ0v) is 14.9. The Balaban J connectivity index is 1.64. The smallest absolute Gasteiger partial charge is 0.191 e. The lowest BCUT2D eigenvalue weighted by molar-refractivity contribution is 0.662. The molecule has 0 bridgehead atoms. The van der Waals surface area contributed by atoms with E-state index in [0.29, 0.717) is 0 Å². The van der Waals surface area contributed by atoms with Gasteiger partial charge in [0.15, 0.2) is 5.96 Å². The fourth-order valence-corrected chi connectivity index (χ4v) is 3.08. The van der Waals surface area contributed by atoms with Crippen molar-refractivity contribution in [1.29, 1.82) is 0 Å². The van der Waals surface area contributed by atoms with Gasteiger partial charge < -0.3 is 15.2 Å². The minimum Gasteiger partial charge on any atom is -0.357 e. The third-order valence-corrected chi connectivity index (χ3v) is 4.43. The van der Waals surface area contributed by atoms with E-state index in [1.165, 1.54) is 5.01 Å². The van der Waals surface area contributed by atoms with Gasteiger partial charge in [0.2, 0.25) is 0 Å². The quantitative estimate of drug-likeness (QED) is 0.421. The number of aryl methyl sites for hydroxylation is 2. The maximum absolute atomic E-state index is 4.64. The number of hydrogen-bond acceptors (Lipinski definition) is 3. The molecular weight excluding hydrogens is 306 g/mol. The van der Waals surface area contributed by atoms with Crippen LogP contribution in [-0.2, 0) is 13.0 Å². The van der Waals surface area contributed by atoms with Crippen LogP contribution in [0.25, 0.3) is 0 Å². The van der Waals surface area contributed by atoms with E-state index in [-0.39, 0.29) is 0 Å². The largest absolute Gasteiger partial charge is 0.357 e. The van der Waals surface area contributed by atoms with Gasteiger partial charge in [-0.3, -0.25) is 4.99 Å². The molecule has 23 heavy (non-hydrogen) atoms. The van der Waals surface area contributed by atoms with Gasteiger partial charge in [-0.25, -0.2) is 4.98 Å². The molecule has 2 rings (SSSR count). The molecule has 0 saturated heterocycles. The number of nitrogens with one attached hydrogen (secondary N) is 2. The molecule has 0 aliphatic carbocycles. The minimum absolute atomic E-state index is 0.850. The Labute approximate surface area is 142 Å². The summed E-state index contributed by atoms with van der Waals surface area (Å²) in [7, 11) is 0. The van der Waals surface area contributed by atoms with Crippen LogP contribution in [0.1, 0.15) is 30.5 Å². The standard InChI is InChI=1S/C17H27N5S/c1-3-18-17(20-10-13-22-11-6-7-12-22)19-9-5-4-8-16-21-15(2)14-23-16/h6-7,11-12,14H,3-5,8-10,13H2,1-2H3,(H2,18,19,20). The van der Waals surface area contributed by atoms with E-state index in [9.17, 15) is 0 Å². The number of aliphatic imine (C=N–C) groups is 1. The van der Waals surface area contributed by atoms with E-state index in [1.807, 2.05) is 19.1 Å². The molecule has 0 atom stereocenters. The highest BCUT2D eigenvalue weighted by Crippen LogP contribution is 2.11. The van der Waals surface area contributed by atoms with Crippen LogP contribution in [0.4, 0.5) is 0 Å². The predicted molar refractivity (Wildman–Crippen MR) is 98.2 cm³/mol. The molecule has 0 aromatic carbocycles. The number of aromatic nitrogens is 2. The highest BCUT2D eigenvalue weighted by molar-refractivity contribution is 7.09. The predicted octanol–water partition coefficient (Wildman–Crippen LogP) is 2.83. The molecule has 0 unspecified atom stereocenters. The maximum atomic E-state index is 4.64. The Kier molecular flexibility index (Phi) is 7.66. The summed E-state index contributed by atoms with van der Waals surface area (Å²) in [5.74, 6) is 0.907. The van der Waals surface area contributed by atoms with Gasteiger partial charge >= 0.3 is 0 Å². The van der Waals surface area contributed by atoms with Crippen molar-refractivity contribution >= 4 is 17.3 Å². The minimum atomic E-state index is 0.850. The van der Waals surface area contributed by atoms with Crippen molar-refractivity contribution in [3.63, 3.8) is 0 Å². The van der Waals surface area contributed by atoms with Gasteiger partial charge in [0.05, 0.1) is 5.01 Å². The Morgan fingerprint density at radius 3 is 2.78 bits per heavy atom. The maximum Gasteiger partial charge on any atom is 0.191 e. The van der Waals surface area contributed by atoms with Crippen LogP contribution in [0.3, 0.4) is 0 Å². The van der Waals surface area contributed by atoms with E-state index in [2.05, 4.69) is 49.9 Å². The summed E-state index contributed by atoms with van der Waals surface area (Å²) in [5, 5.41) is 10.0. The first-order chi connectivity index (χ1) is 11.3. The summed E-state index contributed by atoms with van der Waals surface area (Å²) in [6.45, 7) is 7.69. The van der Waals surface area contributed by atoms with Crippen LogP contribution in [0, 0.1) is 6.92 Å². The molecule has 126 valence electrons. The zero-order valence-electron chi connectivity index (χ0n) is 14.1. The molecule has 0 spiro atoms. The van der Waals surface area contributed by atoms with Gasteiger partial charge in [-0.15, -0.1) is 11.3 Å². The molecule has 0 fully saturated rings. The lowest BCUT2D eigenvalue weighted by atomic mass is 10.2. The van der Waals surface area contributed by atoms with E-state index >= 15 is 0 Å². The summed E-state index contributed by atoms with van der Waals surface area (Å²) in [6.07, 6.45) is 7.44. The van der Waals surface area contributed by atoms with Crippen molar-refractivity contribution in [3.05, 3.63) is 40.6 Å². The molecule has 0 radical (unpaired) electrons. The van der Waals surface area contributed by atoms with Gasteiger partial charge in [0.1, 0.15) is 0 Å². The number of unbranched alkanes of at least 4 members (excludes halogenated alkanes) is 1. The van der Waals surface area contributed by atoms with E-state index in [4.69, 9.17) is 0 Å². The van der Waals surface area contributed by atoms with E-state index < -0.39 is 0 Å². The van der Waals surface area contributed by atoms with Crippen molar-refractivity contribution < 1.29 is 0 Å². The van der Waals surface area contributed by atoms with Crippen LogP contribution in [0.2, 0.25) is 0 Å². The van der Waals surface area contributed by atoms with Gasteiger partial charge in [0.25, 0.3) is 0 Å². The molecule has 6 heteroatoms. The highest BCUT2D eigenvalue weighted by atomic mass is 32.1. The SMILES string of the molecule is CCNC(=NCCCCc1nc(C)cs1)NCCn1cccc1. The average molecular weight is 334 g/mol. The first-order valence-corrected chi connectivity index (χ1v) is 9.20. The lowest BCUT2D eigenvalue weighted by Crippen LogP contribution is -2.38. The highest BCUT2D eigenvalue weighted by Gasteiger charge is 1.99. The van der Waals surface area contributed by atoms with Gasteiger partial charge in [-0.05, 0) is 45.2 Å². The fraction of sp³-hybridized carbons (Fsp3) is 0.529. The molecule has 0 aliphatic heterocycles. The third kappa shape index (κ3) is 6.86. The molecular formula is C17H27N5S. The second-order valence-corrected chi connectivity index (χ2v) is 6.39. The summed E-state index contributed by atoms with van der Waals surface area (Å²) in [6, 6.07) is 4.09. The summed E-state index contributed by atoms with van der Waals surface area (Å²) < 4.78 is 2.16. The monoisotopic (exact) mass is 333 g/mol. The first-order valence-electron chi connectivity index (χ1n) is 8.32. The number of thiazole rings is 1. The summed E-state index contributed by atoms with van der Waals surface area (Å²) >= 11 is 1.76. The Bertz CT molecular complexity index is 574. The Morgan fingerprint density at radius 2 is 2.09 bits per heavy atom. The van der Waals surface area contributed by atoms with E-state index in [0.717, 1.165) is 57.1 Å². The average Bonchev–Trinajstić information content (AvgIpc) is 3.18.